The van der Waals surface area contributed by atoms with Gasteiger partial charge < -0.3 is 15.2 Å². The topological polar surface area (TPSA) is 59.0 Å². The summed E-state index contributed by atoms with van der Waals surface area (Å²) < 4.78 is 2.02. The first-order valence-electron chi connectivity index (χ1n) is 8.10. The van der Waals surface area contributed by atoms with E-state index in [1.807, 2.05) is 79.2 Å². The molecule has 1 heterocycles. The molecule has 0 unspecified atom stereocenters. The van der Waals surface area contributed by atoms with Crippen LogP contribution in [0.25, 0.3) is 21.8 Å². The van der Waals surface area contributed by atoms with Crippen molar-refractivity contribution in [3.8, 4) is 0 Å². The fourth-order valence-electron chi connectivity index (χ4n) is 2.96. The molecule has 0 radical (unpaired) electrons. The molecule has 0 bridgehead atoms. The van der Waals surface area contributed by atoms with Gasteiger partial charge in [0.2, 0.25) is 0 Å². The number of rotatable bonds is 2. The number of urea groups is 1. The Bertz CT molecular complexity index is 1100. The molecule has 3 aromatic carbocycles. The number of fused-ring (bicyclic) bond motifs is 2. The molecule has 25 heavy (non-hydrogen) atoms. The first-order valence-corrected chi connectivity index (χ1v) is 8.10. The average molecular weight is 330 g/mol. The van der Waals surface area contributed by atoms with Crippen LogP contribution in [0.5, 0.6) is 0 Å². The summed E-state index contributed by atoms with van der Waals surface area (Å²) in [4.78, 5) is 16.8. The molecular weight excluding hydrogens is 312 g/mol. The lowest BCUT2D eigenvalue weighted by molar-refractivity contribution is 0.262. The highest BCUT2D eigenvalue weighted by Gasteiger charge is 2.07. The average Bonchev–Trinajstić information content (AvgIpc) is 2.88. The molecule has 2 amide bonds. The second-order valence-corrected chi connectivity index (χ2v) is 6.06. The van der Waals surface area contributed by atoms with Gasteiger partial charge >= 0.3 is 6.03 Å². The molecule has 4 aromatic rings. The zero-order valence-electron chi connectivity index (χ0n) is 14.1. The lowest BCUT2D eigenvalue weighted by Gasteiger charge is -2.09. The number of nitrogens with one attached hydrogen (secondary N) is 2. The van der Waals surface area contributed by atoms with Crippen LogP contribution in [0.4, 0.5) is 16.2 Å². The lowest BCUT2D eigenvalue weighted by atomic mass is 10.1. The Labute approximate surface area is 145 Å². The molecule has 124 valence electrons. The van der Waals surface area contributed by atoms with Gasteiger partial charge in [-0.25, -0.2) is 9.78 Å². The van der Waals surface area contributed by atoms with Gasteiger partial charge in [0.15, 0.2) is 0 Å². The molecule has 1 aromatic heterocycles. The van der Waals surface area contributed by atoms with Crippen molar-refractivity contribution in [2.45, 2.75) is 6.92 Å². The summed E-state index contributed by atoms with van der Waals surface area (Å²) in [5, 5.41) is 7.96. The van der Waals surface area contributed by atoms with Crippen LogP contribution in [0.15, 0.2) is 60.7 Å². The van der Waals surface area contributed by atoms with Crippen molar-refractivity contribution >= 4 is 39.2 Å². The van der Waals surface area contributed by atoms with Crippen LogP contribution in [0, 0.1) is 6.92 Å². The summed E-state index contributed by atoms with van der Waals surface area (Å²) >= 11 is 0. The smallest absolute Gasteiger partial charge is 0.323 e. The van der Waals surface area contributed by atoms with Crippen molar-refractivity contribution in [2.24, 2.45) is 7.05 Å². The molecule has 0 fully saturated rings. The van der Waals surface area contributed by atoms with Crippen LogP contribution in [-0.2, 0) is 7.05 Å². The van der Waals surface area contributed by atoms with Gasteiger partial charge in [-0.15, -0.1) is 0 Å². The number of imidazole rings is 1. The molecule has 0 aliphatic rings. The number of amides is 2. The first-order chi connectivity index (χ1) is 12.1. The van der Waals surface area contributed by atoms with Crippen molar-refractivity contribution in [1.29, 1.82) is 0 Å². The maximum atomic E-state index is 12.3. The van der Waals surface area contributed by atoms with Crippen molar-refractivity contribution in [1.82, 2.24) is 9.55 Å². The van der Waals surface area contributed by atoms with Gasteiger partial charge in [0.25, 0.3) is 0 Å². The predicted octanol–water partition coefficient (Wildman–Crippen LogP) is 4.68. The van der Waals surface area contributed by atoms with Crippen LogP contribution in [0.2, 0.25) is 0 Å². The molecule has 2 N–H and O–H groups in total. The normalized spacial score (nSPS) is 11.0. The predicted molar refractivity (Wildman–Crippen MR) is 102 cm³/mol. The van der Waals surface area contributed by atoms with E-state index in [9.17, 15) is 4.79 Å². The van der Waals surface area contributed by atoms with Crippen LogP contribution in [-0.4, -0.2) is 15.6 Å². The molecular formula is C20H18N4O. The van der Waals surface area contributed by atoms with Gasteiger partial charge in [0, 0.05) is 18.4 Å². The highest BCUT2D eigenvalue weighted by atomic mass is 16.2. The third-order valence-electron chi connectivity index (χ3n) is 4.37. The highest BCUT2D eigenvalue weighted by Crippen LogP contribution is 2.21. The number of benzene rings is 3. The number of carbonyl (C=O) groups is 1. The van der Waals surface area contributed by atoms with Gasteiger partial charge in [0.1, 0.15) is 5.82 Å². The van der Waals surface area contributed by atoms with Gasteiger partial charge in [-0.2, -0.15) is 0 Å². The van der Waals surface area contributed by atoms with Crippen molar-refractivity contribution in [2.75, 3.05) is 10.6 Å². The van der Waals surface area contributed by atoms with Gasteiger partial charge in [0.05, 0.1) is 11.0 Å². The fourth-order valence-corrected chi connectivity index (χ4v) is 2.96. The van der Waals surface area contributed by atoms with Crippen molar-refractivity contribution in [3.63, 3.8) is 0 Å². The largest absolute Gasteiger partial charge is 0.331 e. The molecule has 0 spiro atoms. The number of anilines is 2. The first kappa shape index (κ1) is 15.2. The van der Waals surface area contributed by atoms with Crippen molar-refractivity contribution < 1.29 is 4.79 Å². The van der Waals surface area contributed by atoms with E-state index in [-0.39, 0.29) is 6.03 Å². The van der Waals surface area contributed by atoms with E-state index in [1.54, 1.807) is 0 Å². The van der Waals surface area contributed by atoms with E-state index < -0.39 is 0 Å². The Kier molecular flexibility index (Phi) is 3.61. The Hall–Kier alpha value is -3.34. The molecule has 0 atom stereocenters. The van der Waals surface area contributed by atoms with E-state index in [0.29, 0.717) is 5.69 Å². The molecule has 0 saturated heterocycles. The summed E-state index contributed by atoms with van der Waals surface area (Å²) in [7, 11) is 1.98. The van der Waals surface area contributed by atoms with E-state index >= 15 is 0 Å². The Balaban J connectivity index is 1.53. The minimum atomic E-state index is -0.276. The maximum Gasteiger partial charge on any atom is 0.323 e. The number of carbonyl (C=O) groups excluding carboxylic acids is 1. The van der Waals surface area contributed by atoms with Crippen molar-refractivity contribution in [3.05, 3.63) is 66.5 Å². The Morgan fingerprint density at radius 3 is 2.40 bits per heavy atom. The van der Waals surface area contributed by atoms with Crippen LogP contribution in [0.1, 0.15) is 5.82 Å². The van der Waals surface area contributed by atoms with Gasteiger partial charge in [-0.1, -0.05) is 30.3 Å². The Morgan fingerprint density at radius 1 is 0.920 bits per heavy atom. The summed E-state index contributed by atoms with van der Waals surface area (Å²) in [6, 6.07) is 19.3. The maximum absolute atomic E-state index is 12.3. The zero-order chi connectivity index (χ0) is 17.4. The summed E-state index contributed by atoms with van der Waals surface area (Å²) in [6.45, 7) is 1.96. The van der Waals surface area contributed by atoms with E-state index in [0.717, 1.165) is 33.3 Å². The minimum absolute atomic E-state index is 0.276. The third kappa shape index (κ3) is 2.92. The van der Waals surface area contributed by atoms with Gasteiger partial charge in [-0.3, -0.25) is 0 Å². The SMILES string of the molecule is Cc1nc2cc(NC(=O)Nc3ccc4ccccc4c3)ccc2n1C. The summed E-state index contributed by atoms with van der Waals surface area (Å²) in [6.07, 6.45) is 0. The third-order valence-corrected chi connectivity index (χ3v) is 4.37. The fraction of sp³-hybridized carbons (Fsp3) is 0.100. The quantitative estimate of drug-likeness (QED) is 0.561. The molecule has 0 aliphatic carbocycles. The minimum Gasteiger partial charge on any atom is -0.331 e. The number of hydrogen-bond donors (Lipinski definition) is 2. The molecule has 0 aliphatic heterocycles. The second kappa shape index (κ2) is 5.94. The molecule has 4 rings (SSSR count). The van der Waals surface area contributed by atoms with E-state index in [4.69, 9.17) is 0 Å². The van der Waals surface area contributed by atoms with E-state index in [2.05, 4.69) is 15.6 Å². The monoisotopic (exact) mass is 330 g/mol. The second-order valence-electron chi connectivity index (χ2n) is 6.06. The number of aryl methyl sites for hydroxylation is 2. The summed E-state index contributed by atoms with van der Waals surface area (Å²) in [5.41, 5.74) is 3.37. The standard InChI is InChI=1S/C20H18N4O/c1-13-21-18-12-17(9-10-19(18)24(13)2)23-20(25)22-16-8-7-14-5-3-4-6-15(14)11-16/h3-12H,1-2H3,(H2,22,23,25). The lowest BCUT2D eigenvalue weighted by Crippen LogP contribution is -2.19. The van der Waals surface area contributed by atoms with Crippen LogP contribution < -0.4 is 10.6 Å². The Morgan fingerprint density at radius 2 is 1.60 bits per heavy atom. The highest BCUT2D eigenvalue weighted by molar-refractivity contribution is 6.02. The van der Waals surface area contributed by atoms with Crippen LogP contribution in [0.3, 0.4) is 0 Å². The number of aromatic nitrogens is 2. The number of nitrogens with zero attached hydrogens (tertiary/aromatic N) is 2. The molecule has 0 saturated carbocycles. The number of hydrogen-bond acceptors (Lipinski definition) is 2. The van der Waals surface area contributed by atoms with E-state index in [1.165, 1.54) is 0 Å². The van der Waals surface area contributed by atoms with Crippen LogP contribution >= 0.6 is 0 Å². The van der Waals surface area contributed by atoms with Gasteiger partial charge in [-0.05, 0) is 48.0 Å². The zero-order valence-corrected chi connectivity index (χ0v) is 14.1. The summed E-state index contributed by atoms with van der Waals surface area (Å²) in [5.74, 6) is 0.938. The molecule has 5 nitrogen and oxygen atoms in total. The molecule has 5 heteroatoms.